The summed E-state index contributed by atoms with van der Waals surface area (Å²) in [5.74, 6) is -1.73. The fraction of sp³-hybridized carbons (Fsp3) is 0.217. The third kappa shape index (κ3) is 3.79. The zero-order valence-corrected chi connectivity index (χ0v) is 16.2. The van der Waals surface area contributed by atoms with Crippen LogP contribution in [-0.4, -0.2) is 53.3 Å². The molecule has 7 heteroatoms. The maximum atomic E-state index is 13.1. The first-order valence-corrected chi connectivity index (χ1v) is 9.62. The molecular formula is C23H21NO6. The maximum Gasteiger partial charge on any atom is 0.343 e. The summed E-state index contributed by atoms with van der Waals surface area (Å²) in [4.78, 5) is 27.6. The van der Waals surface area contributed by atoms with E-state index in [4.69, 9.17) is 9.47 Å². The lowest BCUT2D eigenvalue weighted by molar-refractivity contribution is -0.145. The third-order valence-corrected chi connectivity index (χ3v) is 5.09. The summed E-state index contributed by atoms with van der Waals surface area (Å²) in [7, 11) is 0. The molecule has 1 amide bonds. The van der Waals surface area contributed by atoms with Gasteiger partial charge in [0.25, 0.3) is 5.91 Å². The van der Waals surface area contributed by atoms with Crippen LogP contribution in [0.3, 0.4) is 0 Å². The van der Waals surface area contributed by atoms with E-state index in [1.807, 2.05) is 0 Å². The summed E-state index contributed by atoms with van der Waals surface area (Å²) in [6.07, 6.45) is -1.18. The highest BCUT2D eigenvalue weighted by Crippen LogP contribution is 2.36. The van der Waals surface area contributed by atoms with E-state index in [0.717, 1.165) is 6.07 Å². The minimum Gasteiger partial charge on any atom is -0.507 e. The smallest absolute Gasteiger partial charge is 0.343 e. The number of carbonyl (C=O) groups is 2. The Morgan fingerprint density at radius 2 is 1.57 bits per heavy atom. The summed E-state index contributed by atoms with van der Waals surface area (Å²) in [6.45, 7) is 1.64. The van der Waals surface area contributed by atoms with Gasteiger partial charge in [-0.25, -0.2) is 4.79 Å². The molecule has 1 aliphatic rings. The first kappa shape index (κ1) is 19.7. The molecule has 0 saturated carbocycles. The summed E-state index contributed by atoms with van der Waals surface area (Å²) < 4.78 is 10.9. The fourth-order valence-electron chi connectivity index (χ4n) is 3.51. The lowest BCUT2D eigenvalue weighted by Crippen LogP contribution is -2.44. The number of benzene rings is 3. The number of ether oxygens (including phenoxy) is 2. The lowest BCUT2D eigenvalue weighted by atomic mass is 10.0. The van der Waals surface area contributed by atoms with Crippen molar-refractivity contribution < 1.29 is 29.3 Å². The Labute approximate surface area is 173 Å². The Kier molecular flexibility index (Phi) is 5.54. The first-order chi connectivity index (χ1) is 14.6. The largest absolute Gasteiger partial charge is 0.507 e. The number of hydrogen-bond acceptors (Lipinski definition) is 6. The summed E-state index contributed by atoms with van der Waals surface area (Å²) in [5.41, 5.74) is 0.314. The number of esters is 1. The Bertz CT molecular complexity index is 1080. The van der Waals surface area contributed by atoms with Gasteiger partial charge in [-0.3, -0.25) is 4.79 Å². The van der Waals surface area contributed by atoms with E-state index in [1.165, 1.54) is 0 Å². The van der Waals surface area contributed by atoms with Crippen LogP contribution in [0, 0.1) is 0 Å². The highest BCUT2D eigenvalue weighted by atomic mass is 16.5. The number of phenols is 2. The Morgan fingerprint density at radius 3 is 2.27 bits per heavy atom. The van der Waals surface area contributed by atoms with Gasteiger partial charge in [0.05, 0.1) is 13.2 Å². The van der Waals surface area contributed by atoms with E-state index in [2.05, 4.69) is 0 Å². The van der Waals surface area contributed by atoms with Gasteiger partial charge in [0.2, 0.25) is 6.10 Å². The van der Waals surface area contributed by atoms with Crippen LogP contribution in [0.4, 0.5) is 0 Å². The van der Waals surface area contributed by atoms with Crippen LogP contribution in [0.15, 0.2) is 60.7 Å². The molecule has 1 saturated heterocycles. The van der Waals surface area contributed by atoms with Crippen LogP contribution in [0.5, 0.6) is 11.5 Å². The molecule has 1 heterocycles. The molecule has 154 valence electrons. The number of aromatic hydroxyl groups is 2. The highest BCUT2D eigenvalue weighted by Gasteiger charge is 2.32. The van der Waals surface area contributed by atoms with Gasteiger partial charge < -0.3 is 24.6 Å². The molecule has 0 aromatic heterocycles. The molecule has 1 fully saturated rings. The third-order valence-electron chi connectivity index (χ3n) is 5.09. The second-order valence-electron chi connectivity index (χ2n) is 6.97. The van der Waals surface area contributed by atoms with Crippen molar-refractivity contribution in [3.8, 4) is 11.5 Å². The van der Waals surface area contributed by atoms with E-state index in [9.17, 15) is 19.8 Å². The van der Waals surface area contributed by atoms with Gasteiger partial charge in [-0.2, -0.15) is 0 Å². The average Bonchev–Trinajstić information content (AvgIpc) is 2.80. The molecule has 1 atom stereocenters. The van der Waals surface area contributed by atoms with Crippen molar-refractivity contribution in [1.82, 2.24) is 4.90 Å². The molecule has 7 nitrogen and oxygen atoms in total. The van der Waals surface area contributed by atoms with Crippen molar-refractivity contribution in [3.05, 3.63) is 71.8 Å². The number of phenolic OH excluding ortho intramolecular Hbond substituents is 2. The van der Waals surface area contributed by atoms with E-state index in [0.29, 0.717) is 42.6 Å². The average molecular weight is 407 g/mol. The zero-order chi connectivity index (χ0) is 21.1. The SMILES string of the molecule is O=C(O[C@H](C(=O)N1CCOCC1)c1ccccc1)c1cc(O)c2ccccc2c1O. The van der Waals surface area contributed by atoms with Crippen molar-refractivity contribution in [2.75, 3.05) is 26.3 Å². The van der Waals surface area contributed by atoms with Crippen molar-refractivity contribution in [1.29, 1.82) is 0 Å². The van der Waals surface area contributed by atoms with Crippen LogP contribution >= 0.6 is 0 Å². The molecule has 30 heavy (non-hydrogen) atoms. The number of rotatable bonds is 4. The van der Waals surface area contributed by atoms with Gasteiger partial charge in [0, 0.05) is 29.4 Å². The van der Waals surface area contributed by atoms with Gasteiger partial charge >= 0.3 is 5.97 Å². The summed E-state index contributed by atoms with van der Waals surface area (Å²) in [6, 6.07) is 16.5. The van der Waals surface area contributed by atoms with Crippen molar-refractivity contribution >= 4 is 22.6 Å². The van der Waals surface area contributed by atoms with Crippen molar-refractivity contribution in [2.24, 2.45) is 0 Å². The van der Waals surface area contributed by atoms with E-state index < -0.39 is 12.1 Å². The van der Waals surface area contributed by atoms with Gasteiger partial charge in [0.1, 0.15) is 17.1 Å². The topological polar surface area (TPSA) is 96.3 Å². The maximum absolute atomic E-state index is 13.1. The van der Waals surface area contributed by atoms with E-state index >= 15 is 0 Å². The number of carbonyl (C=O) groups excluding carboxylic acids is 2. The minimum atomic E-state index is -1.18. The standard InChI is InChI=1S/C23H21NO6/c25-19-14-18(20(26)17-9-5-4-8-16(17)19)23(28)30-21(15-6-2-1-3-7-15)22(27)24-10-12-29-13-11-24/h1-9,14,21,25-26H,10-13H2/t21-/m0/s1. The van der Waals surface area contributed by atoms with E-state index in [1.54, 1.807) is 59.5 Å². The van der Waals surface area contributed by atoms with Crippen LogP contribution < -0.4 is 0 Å². The van der Waals surface area contributed by atoms with Gasteiger partial charge in [0.15, 0.2) is 0 Å². The molecule has 3 aromatic rings. The van der Waals surface area contributed by atoms with Crippen LogP contribution in [0.25, 0.3) is 10.8 Å². The summed E-state index contributed by atoms with van der Waals surface area (Å²) >= 11 is 0. The molecule has 4 rings (SSSR count). The second kappa shape index (κ2) is 8.42. The first-order valence-electron chi connectivity index (χ1n) is 9.62. The molecule has 2 N–H and O–H groups in total. The molecular weight excluding hydrogens is 386 g/mol. The molecule has 0 aliphatic carbocycles. The Hall–Kier alpha value is -3.58. The zero-order valence-electron chi connectivity index (χ0n) is 16.2. The molecule has 0 spiro atoms. The molecule has 0 bridgehead atoms. The molecule has 3 aromatic carbocycles. The van der Waals surface area contributed by atoms with Gasteiger partial charge in [-0.05, 0) is 6.07 Å². The predicted molar refractivity (Wildman–Crippen MR) is 109 cm³/mol. The van der Waals surface area contributed by atoms with Crippen molar-refractivity contribution in [3.63, 3.8) is 0 Å². The number of amides is 1. The van der Waals surface area contributed by atoms with Crippen LogP contribution in [-0.2, 0) is 14.3 Å². The fourth-order valence-corrected chi connectivity index (χ4v) is 3.51. The number of nitrogens with zero attached hydrogens (tertiary/aromatic N) is 1. The minimum absolute atomic E-state index is 0.161. The van der Waals surface area contributed by atoms with Crippen LogP contribution in [0.1, 0.15) is 22.0 Å². The second-order valence-corrected chi connectivity index (χ2v) is 6.97. The number of fused-ring (bicyclic) bond motifs is 1. The number of hydrogen-bond donors (Lipinski definition) is 2. The highest BCUT2D eigenvalue weighted by molar-refractivity contribution is 6.04. The Balaban J connectivity index is 1.68. The molecule has 1 aliphatic heterocycles. The van der Waals surface area contributed by atoms with E-state index in [-0.39, 0.29) is 23.0 Å². The lowest BCUT2D eigenvalue weighted by Gasteiger charge is -2.30. The molecule has 0 radical (unpaired) electrons. The number of morpholine rings is 1. The monoisotopic (exact) mass is 407 g/mol. The predicted octanol–water partition coefficient (Wildman–Crippen LogP) is 3.01. The Morgan fingerprint density at radius 1 is 0.933 bits per heavy atom. The van der Waals surface area contributed by atoms with Gasteiger partial charge in [-0.15, -0.1) is 0 Å². The van der Waals surface area contributed by atoms with Gasteiger partial charge in [-0.1, -0.05) is 54.6 Å². The molecule has 0 unspecified atom stereocenters. The summed E-state index contributed by atoms with van der Waals surface area (Å²) in [5, 5.41) is 21.6. The van der Waals surface area contributed by atoms with Crippen molar-refractivity contribution in [2.45, 2.75) is 6.10 Å². The quantitative estimate of drug-likeness (QED) is 0.510. The van der Waals surface area contributed by atoms with Crippen LogP contribution in [0.2, 0.25) is 0 Å². The normalized spacial score (nSPS) is 15.0.